The molecule has 10 heteroatoms. The van der Waals surface area contributed by atoms with Crippen molar-refractivity contribution < 1.29 is 14.0 Å². The van der Waals surface area contributed by atoms with E-state index in [4.69, 9.17) is 46.4 Å². The number of halogens is 5. The summed E-state index contributed by atoms with van der Waals surface area (Å²) in [5.74, 6) is -1.53. The van der Waals surface area contributed by atoms with Crippen molar-refractivity contribution in [3.05, 3.63) is 30.1 Å². The van der Waals surface area contributed by atoms with Crippen LogP contribution >= 0.6 is 46.4 Å². The molecule has 3 amide bonds. The average Bonchev–Trinajstić information content (AvgIpc) is 2.63. The first-order valence-electron chi connectivity index (χ1n) is 5.79. The number of aliphatic imine (C=N–C) groups is 1. The molecule has 1 aromatic carbocycles. The van der Waals surface area contributed by atoms with Gasteiger partial charge in [0.2, 0.25) is 9.63 Å². The molecule has 22 heavy (non-hydrogen) atoms. The summed E-state index contributed by atoms with van der Waals surface area (Å²) in [6.07, 6.45) is 0. The number of hydrogen-bond acceptors (Lipinski definition) is 3. The number of amidine groups is 1. The summed E-state index contributed by atoms with van der Waals surface area (Å²) in [5.41, 5.74) is -1.17. The lowest BCUT2D eigenvalue weighted by atomic mass is 10.3. The highest BCUT2D eigenvalue weighted by molar-refractivity contribution is 6.70. The molecule has 1 aromatic rings. The Morgan fingerprint density at radius 1 is 1.18 bits per heavy atom. The van der Waals surface area contributed by atoms with Crippen molar-refractivity contribution in [2.75, 3.05) is 11.9 Å². The number of alkyl halides is 4. The second kappa shape index (κ2) is 6.20. The van der Waals surface area contributed by atoms with E-state index in [1.54, 1.807) is 0 Å². The lowest BCUT2D eigenvalue weighted by Gasteiger charge is -2.15. The van der Waals surface area contributed by atoms with E-state index in [2.05, 4.69) is 4.99 Å². The minimum absolute atomic E-state index is 0.188. The summed E-state index contributed by atoms with van der Waals surface area (Å²) >= 11 is 22.5. The third kappa shape index (κ3) is 3.30. The molecule has 1 saturated heterocycles. The highest BCUT2D eigenvalue weighted by Crippen LogP contribution is 2.35. The molecule has 0 radical (unpaired) electrons. The normalized spacial score (nSPS) is 19.3. The Kier molecular flexibility index (Phi) is 4.87. The summed E-state index contributed by atoms with van der Waals surface area (Å²) in [6.45, 7) is 0. The Hall–Kier alpha value is -1.08. The summed E-state index contributed by atoms with van der Waals surface area (Å²) < 4.78 is 11.0. The van der Waals surface area contributed by atoms with Crippen molar-refractivity contribution in [3.63, 3.8) is 0 Å². The maximum absolute atomic E-state index is 12.9. The predicted molar refractivity (Wildman–Crippen MR) is 84.4 cm³/mol. The molecular weight excluding hydrogens is 379 g/mol. The Morgan fingerprint density at radius 3 is 2.23 bits per heavy atom. The van der Waals surface area contributed by atoms with Crippen molar-refractivity contribution in [3.8, 4) is 0 Å². The summed E-state index contributed by atoms with van der Waals surface area (Å²) in [7, 11) is 1.32. The van der Waals surface area contributed by atoms with Gasteiger partial charge in [0, 0.05) is 7.05 Å². The number of rotatable bonds is 2. The first kappa shape index (κ1) is 17.3. The number of likely N-dealkylation sites (N-methyl/N-ethyl adjacent to an activating group) is 1. The van der Waals surface area contributed by atoms with Gasteiger partial charge in [-0.25, -0.2) is 19.1 Å². The van der Waals surface area contributed by atoms with Gasteiger partial charge in [0.15, 0.2) is 5.50 Å². The van der Waals surface area contributed by atoms with Gasteiger partial charge in [0.1, 0.15) is 5.82 Å². The first-order chi connectivity index (χ1) is 10.1. The third-order valence-corrected chi connectivity index (χ3v) is 4.16. The zero-order chi connectivity index (χ0) is 16.7. The maximum atomic E-state index is 12.9. The van der Waals surface area contributed by atoms with E-state index in [9.17, 15) is 14.0 Å². The third-order valence-electron chi connectivity index (χ3n) is 2.78. The Morgan fingerprint density at radius 2 is 1.73 bits per heavy atom. The number of carbonyl (C=O) groups is 2. The molecule has 1 unspecified atom stereocenters. The van der Waals surface area contributed by atoms with Crippen molar-refractivity contribution in [1.82, 2.24) is 4.90 Å². The van der Waals surface area contributed by atoms with E-state index >= 15 is 0 Å². The largest absolute Gasteiger partial charge is 0.337 e. The van der Waals surface area contributed by atoms with Crippen LogP contribution in [-0.4, -0.2) is 39.0 Å². The maximum Gasteiger partial charge on any atom is 0.337 e. The fourth-order valence-electron chi connectivity index (χ4n) is 1.71. The number of benzene rings is 1. The fourth-order valence-corrected chi connectivity index (χ4v) is 1.95. The molecule has 0 N–H and O–H groups in total. The molecule has 0 spiro atoms. The molecular formula is C12H8Cl4FN3O2. The minimum atomic E-state index is -1.94. The summed E-state index contributed by atoms with van der Waals surface area (Å²) in [4.78, 5) is 30.1. The van der Waals surface area contributed by atoms with Crippen LogP contribution < -0.4 is 4.90 Å². The van der Waals surface area contributed by atoms with Crippen LogP contribution in [0.4, 0.5) is 14.9 Å². The van der Waals surface area contributed by atoms with Crippen LogP contribution in [0.3, 0.4) is 0 Å². The van der Waals surface area contributed by atoms with Crippen LogP contribution in [0.15, 0.2) is 29.3 Å². The molecule has 1 aliphatic heterocycles. The smallest absolute Gasteiger partial charge is 0.276 e. The van der Waals surface area contributed by atoms with E-state index in [1.165, 1.54) is 19.2 Å². The van der Waals surface area contributed by atoms with Gasteiger partial charge in [-0.05, 0) is 24.3 Å². The van der Waals surface area contributed by atoms with E-state index in [-0.39, 0.29) is 11.5 Å². The quantitative estimate of drug-likeness (QED) is 0.443. The number of urea groups is 1. The van der Waals surface area contributed by atoms with Gasteiger partial charge in [0.05, 0.1) is 5.69 Å². The molecule has 0 aliphatic carbocycles. The molecule has 0 aromatic heterocycles. The lowest BCUT2D eigenvalue weighted by molar-refractivity contribution is -0.111. The monoisotopic (exact) mass is 385 g/mol. The van der Waals surface area contributed by atoms with Gasteiger partial charge < -0.3 is 0 Å². The fraction of sp³-hybridized carbons (Fsp3) is 0.250. The lowest BCUT2D eigenvalue weighted by Crippen LogP contribution is -2.31. The van der Waals surface area contributed by atoms with Crippen molar-refractivity contribution in [2.45, 2.75) is 9.29 Å². The van der Waals surface area contributed by atoms with Crippen molar-refractivity contribution in [2.24, 2.45) is 4.99 Å². The van der Waals surface area contributed by atoms with Gasteiger partial charge in [-0.15, -0.1) is 0 Å². The molecule has 0 bridgehead atoms. The Balaban J connectivity index is 2.38. The second-order valence-electron chi connectivity index (χ2n) is 4.29. The van der Waals surface area contributed by atoms with E-state index in [0.29, 0.717) is 0 Å². The standard InChI is InChI=1S/C12H8Cl4FN3O2/c1-19-8(18-10(13)12(14,15)16)9(21)20(11(19)22)7-4-2-6(17)3-5-7/h2-5,10H,1H3/b18-8+. The van der Waals surface area contributed by atoms with Crippen LogP contribution in [0.5, 0.6) is 0 Å². The number of nitrogens with zero attached hydrogens (tertiary/aromatic N) is 3. The SMILES string of the molecule is CN1C(=O)N(c2ccc(F)cc2)C(=O)/C1=N\C(Cl)C(Cl)(Cl)Cl. The van der Waals surface area contributed by atoms with E-state index in [1.807, 2.05) is 0 Å². The zero-order valence-electron chi connectivity index (χ0n) is 10.9. The molecule has 1 aliphatic rings. The van der Waals surface area contributed by atoms with E-state index in [0.717, 1.165) is 21.9 Å². The van der Waals surface area contributed by atoms with Gasteiger partial charge in [-0.1, -0.05) is 46.4 Å². The molecule has 1 heterocycles. The number of amides is 3. The molecule has 5 nitrogen and oxygen atoms in total. The van der Waals surface area contributed by atoms with Crippen LogP contribution in [-0.2, 0) is 4.79 Å². The Bertz CT molecular complexity index is 645. The van der Waals surface area contributed by atoms with Gasteiger partial charge in [-0.3, -0.25) is 9.69 Å². The van der Waals surface area contributed by atoms with Crippen molar-refractivity contribution >= 4 is 69.9 Å². The topological polar surface area (TPSA) is 53.0 Å². The predicted octanol–water partition coefficient (Wildman–Crippen LogP) is 3.56. The molecule has 1 fully saturated rings. The molecule has 2 rings (SSSR count). The molecule has 1 atom stereocenters. The van der Waals surface area contributed by atoms with Gasteiger partial charge in [-0.2, -0.15) is 0 Å². The summed E-state index contributed by atoms with van der Waals surface area (Å²) in [5, 5.41) is 0. The Labute approximate surface area is 145 Å². The second-order valence-corrected chi connectivity index (χ2v) is 7.07. The van der Waals surface area contributed by atoms with Crippen LogP contribution in [0.1, 0.15) is 0 Å². The zero-order valence-corrected chi connectivity index (χ0v) is 14.0. The highest BCUT2D eigenvalue weighted by Gasteiger charge is 2.43. The highest BCUT2D eigenvalue weighted by atomic mass is 35.6. The first-order valence-corrected chi connectivity index (χ1v) is 7.36. The number of carbonyl (C=O) groups excluding carboxylic acids is 2. The van der Waals surface area contributed by atoms with Crippen LogP contribution in [0, 0.1) is 5.82 Å². The summed E-state index contributed by atoms with van der Waals surface area (Å²) in [6, 6.07) is 4.14. The van der Waals surface area contributed by atoms with Gasteiger partial charge >= 0.3 is 11.9 Å². The number of anilines is 1. The van der Waals surface area contributed by atoms with Crippen LogP contribution in [0.25, 0.3) is 0 Å². The number of imide groups is 1. The molecule has 0 saturated carbocycles. The molecule has 118 valence electrons. The average molecular weight is 387 g/mol. The van der Waals surface area contributed by atoms with Crippen molar-refractivity contribution in [1.29, 1.82) is 0 Å². The van der Waals surface area contributed by atoms with Crippen LogP contribution in [0.2, 0.25) is 0 Å². The van der Waals surface area contributed by atoms with E-state index < -0.39 is 27.0 Å². The number of hydrogen-bond donors (Lipinski definition) is 0. The minimum Gasteiger partial charge on any atom is -0.276 e. The van der Waals surface area contributed by atoms with Gasteiger partial charge in [0.25, 0.3) is 0 Å².